The summed E-state index contributed by atoms with van der Waals surface area (Å²) in [5.41, 5.74) is 5.68. The lowest BCUT2D eigenvalue weighted by atomic mass is 10.0. The fourth-order valence-electron chi connectivity index (χ4n) is 3.53. The van der Waals surface area contributed by atoms with Crippen molar-refractivity contribution in [1.29, 1.82) is 0 Å². The van der Waals surface area contributed by atoms with Crippen LogP contribution in [0.25, 0.3) is 33.7 Å². The number of nitrogens with zero attached hydrogens (tertiary/aromatic N) is 1. The number of benzene rings is 4. The zero-order chi connectivity index (χ0) is 21.9. The fraction of sp³-hybridized carbons (Fsp3) is 0.0370. The van der Waals surface area contributed by atoms with Gasteiger partial charge >= 0.3 is 0 Å². The van der Waals surface area contributed by atoms with E-state index in [0.717, 1.165) is 16.7 Å². The molecule has 1 N–H and O–H groups in total. The number of carbonyl (C=O) groups is 1. The molecule has 0 aliphatic heterocycles. The van der Waals surface area contributed by atoms with Crippen LogP contribution < -0.4 is 10.1 Å². The smallest absolute Gasteiger partial charge is 0.255 e. The predicted molar refractivity (Wildman–Crippen MR) is 126 cm³/mol. The van der Waals surface area contributed by atoms with E-state index in [0.29, 0.717) is 34.0 Å². The second-order valence-corrected chi connectivity index (χ2v) is 7.33. The maximum atomic E-state index is 12.6. The third-order valence-corrected chi connectivity index (χ3v) is 5.22. The van der Waals surface area contributed by atoms with Gasteiger partial charge in [-0.2, -0.15) is 0 Å². The third-order valence-electron chi connectivity index (χ3n) is 5.22. The van der Waals surface area contributed by atoms with E-state index in [1.165, 1.54) is 0 Å². The largest absolute Gasteiger partial charge is 0.497 e. The van der Waals surface area contributed by atoms with Crippen LogP contribution in [0.2, 0.25) is 0 Å². The van der Waals surface area contributed by atoms with Gasteiger partial charge in [-0.05, 0) is 59.7 Å². The molecule has 1 aromatic heterocycles. The fourth-order valence-corrected chi connectivity index (χ4v) is 3.53. The summed E-state index contributed by atoms with van der Waals surface area (Å²) in [7, 11) is 1.57. The summed E-state index contributed by atoms with van der Waals surface area (Å²) >= 11 is 0. The van der Waals surface area contributed by atoms with Crippen LogP contribution in [0.1, 0.15) is 10.4 Å². The van der Waals surface area contributed by atoms with E-state index >= 15 is 0 Å². The Morgan fingerprint density at radius 1 is 0.812 bits per heavy atom. The minimum atomic E-state index is -0.219. The highest BCUT2D eigenvalue weighted by Gasteiger charge is 2.12. The number of nitrogens with one attached hydrogen (secondary N) is 1. The highest BCUT2D eigenvalue weighted by molar-refractivity contribution is 6.05. The van der Waals surface area contributed by atoms with Gasteiger partial charge in [0.05, 0.1) is 7.11 Å². The number of anilines is 1. The van der Waals surface area contributed by atoms with E-state index in [-0.39, 0.29) is 5.91 Å². The van der Waals surface area contributed by atoms with Crippen molar-refractivity contribution in [3.63, 3.8) is 0 Å². The molecule has 5 nitrogen and oxygen atoms in total. The van der Waals surface area contributed by atoms with Crippen LogP contribution in [0, 0.1) is 0 Å². The summed E-state index contributed by atoms with van der Waals surface area (Å²) in [5.74, 6) is 0.951. The van der Waals surface area contributed by atoms with Crippen LogP contribution in [0.5, 0.6) is 5.75 Å². The predicted octanol–water partition coefficient (Wildman–Crippen LogP) is 6.42. The summed E-state index contributed by atoms with van der Waals surface area (Å²) in [6.45, 7) is 0. The SMILES string of the molecule is COc1cccc(C(=O)Nc2ccc3oc(-c4ccc(-c5ccccc5)cc4)nc3c2)c1. The van der Waals surface area contributed by atoms with Gasteiger partial charge in [0.15, 0.2) is 5.58 Å². The van der Waals surface area contributed by atoms with Crippen molar-refractivity contribution in [2.45, 2.75) is 0 Å². The number of fused-ring (bicyclic) bond motifs is 1. The molecule has 0 atom stereocenters. The molecule has 0 spiro atoms. The zero-order valence-electron chi connectivity index (χ0n) is 17.4. The quantitative estimate of drug-likeness (QED) is 0.356. The molecule has 0 aliphatic rings. The highest BCUT2D eigenvalue weighted by atomic mass is 16.5. The summed E-state index contributed by atoms with van der Waals surface area (Å²) in [4.78, 5) is 17.2. The van der Waals surface area contributed by atoms with Gasteiger partial charge in [-0.3, -0.25) is 4.79 Å². The van der Waals surface area contributed by atoms with E-state index in [2.05, 4.69) is 34.6 Å². The molecule has 0 fully saturated rings. The van der Waals surface area contributed by atoms with Crippen molar-refractivity contribution in [2.75, 3.05) is 12.4 Å². The van der Waals surface area contributed by atoms with Gasteiger partial charge in [0.25, 0.3) is 5.91 Å². The molecule has 0 saturated heterocycles. The summed E-state index contributed by atoms with van der Waals surface area (Å²) in [6.07, 6.45) is 0. The second kappa shape index (κ2) is 8.40. The van der Waals surface area contributed by atoms with Gasteiger partial charge in [0.2, 0.25) is 5.89 Å². The summed E-state index contributed by atoms with van der Waals surface area (Å²) in [6, 6.07) is 30.7. The topological polar surface area (TPSA) is 64.4 Å². The third kappa shape index (κ3) is 3.96. The van der Waals surface area contributed by atoms with Crippen LogP contribution in [0.15, 0.2) is 101 Å². The molecule has 0 bridgehead atoms. The van der Waals surface area contributed by atoms with E-state index in [9.17, 15) is 4.79 Å². The van der Waals surface area contributed by atoms with Crippen molar-refractivity contribution >= 4 is 22.7 Å². The molecule has 5 rings (SSSR count). The lowest BCUT2D eigenvalue weighted by Gasteiger charge is -2.06. The van der Waals surface area contributed by atoms with E-state index in [1.54, 1.807) is 43.5 Å². The second-order valence-electron chi connectivity index (χ2n) is 7.33. The number of hydrogen-bond donors (Lipinski definition) is 1. The Hall–Kier alpha value is -4.38. The minimum Gasteiger partial charge on any atom is -0.497 e. The summed E-state index contributed by atoms with van der Waals surface area (Å²) < 4.78 is 11.1. The zero-order valence-corrected chi connectivity index (χ0v) is 17.4. The number of aromatic nitrogens is 1. The maximum Gasteiger partial charge on any atom is 0.255 e. The normalized spacial score (nSPS) is 10.8. The first-order valence-corrected chi connectivity index (χ1v) is 10.2. The summed E-state index contributed by atoms with van der Waals surface area (Å²) in [5, 5.41) is 2.90. The van der Waals surface area contributed by atoms with E-state index in [4.69, 9.17) is 9.15 Å². The molecule has 5 heteroatoms. The van der Waals surface area contributed by atoms with Crippen LogP contribution in [0.3, 0.4) is 0 Å². The van der Waals surface area contributed by atoms with Gasteiger partial charge in [-0.15, -0.1) is 0 Å². The van der Waals surface area contributed by atoms with Crippen LogP contribution in [-0.2, 0) is 0 Å². The molecule has 0 saturated carbocycles. The molecule has 4 aromatic carbocycles. The molecule has 1 heterocycles. The Labute approximate surface area is 185 Å². The number of hydrogen-bond acceptors (Lipinski definition) is 4. The molecule has 32 heavy (non-hydrogen) atoms. The van der Waals surface area contributed by atoms with E-state index < -0.39 is 0 Å². The monoisotopic (exact) mass is 420 g/mol. The lowest BCUT2D eigenvalue weighted by Crippen LogP contribution is -2.11. The van der Waals surface area contributed by atoms with Crippen LogP contribution >= 0.6 is 0 Å². The van der Waals surface area contributed by atoms with Gasteiger partial charge in [-0.25, -0.2) is 4.98 Å². The standard InChI is InChI=1S/C27H20N2O3/c1-31-23-9-5-8-21(16-23)26(30)28-22-14-15-25-24(17-22)29-27(32-25)20-12-10-19(11-13-20)18-6-3-2-4-7-18/h2-17H,1H3,(H,28,30). The Morgan fingerprint density at radius 3 is 2.34 bits per heavy atom. The Bertz CT molecular complexity index is 1390. The van der Waals surface area contributed by atoms with Crippen LogP contribution in [0.4, 0.5) is 5.69 Å². The Balaban J connectivity index is 1.37. The number of ether oxygens (including phenoxy) is 1. The van der Waals surface area contributed by atoms with Crippen LogP contribution in [-0.4, -0.2) is 18.0 Å². The molecule has 156 valence electrons. The van der Waals surface area contributed by atoms with Gasteiger partial charge < -0.3 is 14.5 Å². The minimum absolute atomic E-state index is 0.219. The lowest BCUT2D eigenvalue weighted by molar-refractivity contribution is 0.102. The molecular formula is C27H20N2O3. The molecule has 1 amide bonds. The Morgan fingerprint density at radius 2 is 1.56 bits per heavy atom. The van der Waals surface area contributed by atoms with Crippen molar-refractivity contribution in [2.24, 2.45) is 0 Å². The molecule has 0 unspecified atom stereocenters. The molecular weight excluding hydrogens is 400 g/mol. The number of amides is 1. The average Bonchev–Trinajstić information content (AvgIpc) is 3.28. The van der Waals surface area contributed by atoms with Crippen molar-refractivity contribution in [1.82, 2.24) is 4.98 Å². The molecule has 5 aromatic rings. The van der Waals surface area contributed by atoms with E-state index in [1.807, 2.05) is 36.4 Å². The van der Waals surface area contributed by atoms with Crippen molar-refractivity contribution < 1.29 is 13.9 Å². The number of methoxy groups -OCH3 is 1. The first-order valence-electron chi connectivity index (χ1n) is 10.2. The van der Waals surface area contributed by atoms with Gasteiger partial charge in [0.1, 0.15) is 11.3 Å². The van der Waals surface area contributed by atoms with Gasteiger partial charge in [0, 0.05) is 16.8 Å². The average molecular weight is 420 g/mol. The first-order chi connectivity index (χ1) is 15.7. The number of oxazole rings is 1. The molecule has 0 aliphatic carbocycles. The van der Waals surface area contributed by atoms with Crippen molar-refractivity contribution in [3.05, 3.63) is 103 Å². The highest BCUT2D eigenvalue weighted by Crippen LogP contribution is 2.28. The number of rotatable bonds is 5. The Kier molecular flexibility index (Phi) is 5.14. The number of carbonyl (C=O) groups excluding carboxylic acids is 1. The maximum absolute atomic E-state index is 12.6. The molecule has 0 radical (unpaired) electrons. The van der Waals surface area contributed by atoms with Gasteiger partial charge in [-0.1, -0.05) is 48.5 Å². The first kappa shape index (κ1) is 19.6. The van der Waals surface area contributed by atoms with Crippen molar-refractivity contribution in [3.8, 4) is 28.3 Å².